The summed E-state index contributed by atoms with van der Waals surface area (Å²) in [7, 11) is 1.66. The predicted octanol–water partition coefficient (Wildman–Crippen LogP) is 1.78. The number of carbonyl (C=O) groups is 2. The Labute approximate surface area is 127 Å². The first kappa shape index (κ1) is 14.1. The van der Waals surface area contributed by atoms with Crippen LogP contribution in [0.25, 0.3) is 0 Å². The molecule has 110 valence electrons. The maximum absolute atomic E-state index is 12.7. The number of rotatable bonds is 1. The van der Waals surface area contributed by atoms with Gasteiger partial charge >= 0.3 is 0 Å². The molecule has 4 unspecified atom stereocenters. The maximum atomic E-state index is 12.7. The van der Waals surface area contributed by atoms with Gasteiger partial charge in [0.2, 0.25) is 11.8 Å². The molecule has 0 spiro atoms. The monoisotopic (exact) mass is 303 g/mol. The van der Waals surface area contributed by atoms with Gasteiger partial charge in [-0.1, -0.05) is 6.07 Å². The first-order valence-corrected chi connectivity index (χ1v) is 7.82. The normalized spacial score (nSPS) is 35.8. The molecule has 0 N–H and O–H groups in total. The van der Waals surface area contributed by atoms with E-state index in [-0.39, 0.29) is 17.9 Å². The van der Waals surface area contributed by atoms with Crippen LogP contribution in [0.4, 0.5) is 0 Å². The van der Waals surface area contributed by atoms with Gasteiger partial charge in [-0.15, -0.1) is 11.3 Å². The lowest BCUT2D eigenvalue weighted by Crippen LogP contribution is -2.60. The fraction of sp³-hybridized carbons (Fsp3) is 0.533. The number of thiophene rings is 1. The summed E-state index contributed by atoms with van der Waals surface area (Å²) in [6.45, 7) is 3.59. The van der Waals surface area contributed by atoms with Crippen LogP contribution < -0.4 is 0 Å². The predicted molar refractivity (Wildman–Crippen MR) is 78.3 cm³/mol. The SMILES string of the molecule is CC1C(=O)N2C(CC(C)(C#N)C2c2cccs2)C(=O)N1C. The van der Waals surface area contributed by atoms with Crippen molar-refractivity contribution in [2.75, 3.05) is 7.05 Å². The first-order valence-electron chi connectivity index (χ1n) is 6.94. The Morgan fingerprint density at radius 1 is 1.43 bits per heavy atom. The fourth-order valence-electron chi connectivity index (χ4n) is 3.40. The largest absolute Gasteiger partial charge is 0.332 e. The molecule has 2 aliphatic heterocycles. The molecule has 6 heteroatoms. The number of amides is 2. The molecule has 0 radical (unpaired) electrons. The Morgan fingerprint density at radius 3 is 2.71 bits per heavy atom. The molecule has 0 aliphatic carbocycles. The number of hydrogen-bond donors (Lipinski definition) is 0. The van der Waals surface area contributed by atoms with E-state index in [0.717, 1.165) is 4.88 Å². The maximum Gasteiger partial charge on any atom is 0.246 e. The Balaban J connectivity index is 2.12. The number of carbonyl (C=O) groups excluding carboxylic acids is 2. The Hall–Kier alpha value is -1.87. The van der Waals surface area contributed by atoms with Gasteiger partial charge in [-0.2, -0.15) is 5.26 Å². The third kappa shape index (κ3) is 1.80. The molecule has 2 fully saturated rings. The van der Waals surface area contributed by atoms with Crippen molar-refractivity contribution in [2.24, 2.45) is 5.41 Å². The molecule has 1 aromatic heterocycles. The first-order chi connectivity index (χ1) is 9.90. The highest BCUT2D eigenvalue weighted by molar-refractivity contribution is 7.10. The Morgan fingerprint density at radius 2 is 2.14 bits per heavy atom. The van der Waals surface area contributed by atoms with Crippen LogP contribution in [0.5, 0.6) is 0 Å². The fourth-order valence-corrected chi connectivity index (χ4v) is 4.37. The average Bonchev–Trinajstić information content (AvgIpc) is 3.08. The summed E-state index contributed by atoms with van der Waals surface area (Å²) in [6.07, 6.45) is 0.397. The highest BCUT2D eigenvalue weighted by Crippen LogP contribution is 2.52. The third-order valence-electron chi connectivity index (χ3n) is 4.73. The second kappa shape index (κ2) is 4.57. The minimum Gasteiger partial charge on any atom is -0.332 e. The van der Waals surface area contributed by atoms with Crippen LogP contribution in [0.2, 0.25) is 0 Å². The van der Waals surface area contributed by atoms with E-state index in [2.05, 4.69) is 6.07 Å². The number of nitriles is 1. The van der Waals surface area contributed by atoms with Gasteiger partial charge in [-0.25, -0.2) is 0 Å². The molecule has 5 nitrogen and oxygen atoms in total. The molecule has 2 amide bonds. The van der Waals surface area contributed by atoms with Crippen LogP contribution in [0.3, 0.4) is 0 Å². The smallest absolute Gasteiger partial charge is 0.246 e. The van der Waals surface area contributed by atoms with Crippen molar-refractivity contribution < 1.29 is 9.59 Å². The number of hydrogen-bond acceptors (Lipinski definition) is 4. The number of nitrogens with zero attached hydrogens (tertiary/aromatic N) is 3. The van der Waals surface area contributed by atoms with Gasteiger partial charge in [0, 0.05) is 11.9 Å². The molecular formula is C15H17N3O2S. The lowest BCUT2D eigenvalue weighted by Gasteiger charge is -2.41. The number of piperazine rings is 1. The van der Waals surface area contributed by atoms with E-state index < -0.39 is 17.5 Å². The zero-order chi connectivity index (χ0) is 15.4. The summed E-state index contributed by atoms with van der Waals surface area (Å²) >= 11 is 1.53. The van der Waals surface area contributed by atoms with Gasteiger partial charge in [0.15, 0.2) is 0 Å². The van der Waals surface area contributed by atoms with Crippen LogP contribution in [0.15, 0.2) is 17.5 Å². The van der Waals surface area contributed by atoms with Gasteiger partial charge in [0.05, 0.1) is 17.5 Å². The van der Waals surface area contributed by atoms with Crippen LogP contribution >= 0.6 is 11.3 Å². The molecule has 2 aliphatic rings. The van der Waals surface area contributed by atoms with Crippen molar-refractivity contribution in [2.45, 2.75) is 38.4 Å². The van der Waals surface area contributed by atoms with Crippen LogP contribution in [0.1, 0.15) is 31.2 Å². The third-order valence-corrected chi connectivity index (χ3v) is 5.65. The Kier molecular flexibility index (Phi) is 3.06. The molecule has 2 saturated heterocycles. The van der Waals surface area contributed by atoms with Crippen molar-refractivity contribution in [1.82, 2.24) is 9.80 Å². The van der Waals surface area contributed by atoms with E-state index in [1.165, 1.54) is 16.2 Å². The van der Waals surface area contributed by atoms with Gasteiger partial charge < -0.3 is 9.80 Å². The molecule has 21 heavy (non-hydrogen) atoms. The van der Waals surface area contributed by atoms with Gasteiger partial charge in [-0.05, 0) is 31.7 Å². The zero-order valence-corrected chi connectivity index (χ0v) is 13.1. The minimum absolute atomic E-state index is 0.0670. The second-order valence-corrected chi connectivity index (χ2v) is 7.02. The van der Waals surface area contributed by atoms with Crippen LogP contribution in [0, 0.1) is 16.7 Å². The minimum atomic E-state index is -0.730. The van der Waals surface area contributed by atoms with Crippen LogP contribution in [-0.4, -0.2) is 40.7 Å². The Bertz CT molecular complexity index is 636. The van der Waals surface area contributed by atoms with E-state index >= 15 is 0 Å². The van der Waals surface area contributed by atoms with Crippen molar-refractivity contribution in [3.63, 3.8) is 0 Å². The molecule has 0 saturated carbocycles. The molecule has 0 aromatic carbocycles. The summed E-state index contributed by atoms with van der Waals surface area (Å²) in [5.41, 5.74) is -0.730. The highest BCUT2D eigenvalue weighted by Gasteiger charge is 2.58. The van der Waals surface area contributed by atoms with Crippen molar-refractivity contribution in [3.8, 4) is 6.07 Å². The summed E-state index contributed by atoms with van der Waals surface area (Å²) in [4.78, 5) is 29.3. The molecule has 1 aromatic rings. The van der Waals surface area contributed by atoms with E-state index in [4.69, 9.17) is 0 Å². The van der Waals surface area contributed by atoms with Crippen molar-refractivity contribution in [1.29, 1.82) is 5.26 Å². The standard InChI is InChI=1S/C15H17N3O2S/c1-9-13(19)18-10(14(20)17(9)3)7-15(2,8-16)12(18)11-5-4-6-21-11/h4-6,9-10,12H,7H2,1-3H3. The van der Waals surface area contributed by atoms with E-state index in [1.54, 1.807) is 18.9 Å². The lowest BCUT2D eigenvalue weighted by molar-refractivity contribution is -0.159. The summed E-state index contributed by atoms with van der Waals surface area (Å²) in [6, 6.07) is 4.87. The van der Waals surface area contributed by atoms with E-state index in [9.17, 15) is 14.9 Å². The topological polar surface area (TPSA) is 64.4 Å². The second-order valence-electron chi connectivity index (χ2n) is 6.04. The zero-order valence-electron chi connectivity index (χ0n) is 12.2. The number of likely N-dealkylation sites (N-methyl/N-ethyl adjacent to an activating group) is 1. The highest BCUT2D eigenvalue weighted by atomic mass is 32.1. The van der Waals surface area contributed by atoms with Crippen molar-refractivity contribution in [3.05, 3.63) is 22.4 Å². The molecular weight excluding hydrogens is 286 g/mol. The summed E-state index contributed by atoms with van der Waals surface area (Å²) in [5, 5.41) is 11.6. The quantitative estimate of drug-likeness (QED) is 0.794. The lowest BCUT2D eigenvalue weighted by atomic mass is 9.82. The van der Waals surface area contributed by atoms with Crippen molar-refractivity contribution >= 4 is 23.2 Å². The average molecular weight is 303 g/mol. The summed E-state index contributed by atoms with van der Waals surface area (Å²) in [5.74, 6) is -0.137. The van der Waals surface area contributed by atoms with E-state index in [1.807, 2.05) is 24.4 Å². The van der Waals surface area contributed by atoms with Gasteiger partial charge in [-0.3, -0.25) is 9.59 Å². The van der Waals surface area contributed by atoms with Gasteiger partial charge in [0.25, 0.3) is 0 Å². The number of fused-ring (bicyclic) bond motifs is 1. The molecule has 0 bridgehead atoms. The molecule has 3 heterocycles. The van der Waals surface area contributed by atoms with E-state index in [0.29, 0.717) is 6.42 Å². The summed E-state index contributed by atoms with van der Waals surface area (Å²) < 4.78 is 0. The molecule has 3 rings (SSSR count). The molecule has 4 atom stereocenters. The van der Waals surface area contributed by atoms with Gasteiger partial charge in [0.1, 0.15) is 12.1 Å². The van der Waals surface area contributed by atoms with Crippen LogP contribution in [-0.2, 0) is 9.59 Å².